The fourth-order valence-electron chi connectivity index (χ4n) is 2.21. The van der Waals surface area contributed by atoms with Crippen molar-refractivity contribution < 1.29 is 14.2 Å². The van der Waals surface area contributed by atoms with Crippen LogP contribution in [0.5, 0.6) is 5.75 Å². The van der Waals surface area contributed by atoms with Gasteiger partial charge in [0.25, 0.3) is 0 Å². The summed E-state index contributed by atoms with van der Waals surface area (Å²) in [5.74, 6) is 0.797. The Hall–Kier alpha value is -1.58. The predicted octanol–water partition coefficient (Wildman–Crippen LogP) is 3.92. The van der Waals surface area contributed by atoms with E-state index in [2.05, 4.69) is 12.1 Å². The lowest BCUT2D eigenvalue weighted by molar-refractivity contribution is -0.140. The van der Waals surface area contributed by atoms with Crippen LogP contribution in [0.3, 0.4) is 0 Å². The number of methoxy groups -OCH3 is 1. The van der Waals surface area contributed by atoms with Crippen molar-refractivity contribution in [2.24, 2.45) is 0 Å². The summed E-state index contributed by atoms with van der Waals surface area (Å²) in [6.45, 7) is 5.11. The molecule has 2 rings (SSSR count). The highest BCUT2D eigenvalue weighted by Crippen LogP contribution is 2.35. The molecule has 0 N–H and O–H groups in total. The molecule has 0 aliphatic heterocycles. The Labute approximate surface area is 114 Å². The van der Waals surface area contributed by atoms with Crippen LogP contribution in [0.1, 0.15) is 25.7 Å². The molecule has 0 aromatic heterocycles. The lowest BCUT2D eigenvalue weighted by Crippen LogP contribution is -2.11. The monoisotopic (exact) mass is 260 g/mol. The number of ether oxygens (including phenoxy) is 3. The minimum absolute atomic E-state index is 0.393. The van der Waals surface area contributed by atoms with E-state index in [1.54, 1.807) is 7.11 Å². The second kappa shape index (κ2) is 6.55. The standard InChI is InChI=1S/C16H20O3/c1-4-18-16(19-5-2)15-13-9-7-6-8-12(13)10-11-14(15)17-3/h6-11,16H,4-5H2,1-3H3. The fourth-order valence-corrected chi connectivity index (χ4v) is 2.21. The van der Waals surface area contributed by atoms with Crippen LogP contribution in [0.4, 0.5) is 0 Å². The first-order valence-electron chi connectivity index (χ1n) is 6.60. The minimum Gasteiger partial charge on any atom is -0.496 e. The summed E-state index contributed by atoms with van der Waals surface area (Å²) in [5.41, 5.74) is 0.962. The molecule has 0 spiro atoms. The van der Waals surface area contributed by atoms with Gasteiger partial charge in [0.15, 0.2) is 6.29 Å². The van der Waals surface area contributed by atoms with Crippen LogP contribution < -0.4 is 4.74 Å². The van der Waals surface area contributed by atoms with E-state index in [-0.39, 0.29) is 0 Å². The molecule has 0 aliphatic carbocycles. The van der Waals surface area contributed by atoms with E-state index in [4.69, 9.17) is 14.2 Å². The summed E-state index contributed by atoms with van der Waals surface area (Å²) < 4.78 is 16.9. The molecule has 0 aliphatic rings. The van der Waals surface area contributed by atoms with Gasteiger partial charge in [0.05, 0.1) is 12.7 Å². The van der Waals surface area contributed by atoms with Crippen LogP contribution in [0, 0.1) is 0 Å². The molecular formula is C16H20O3. The Morgan fingerprint density at radius 2 is 1.63 bits per heavy atom. The lowest BCUT2D eigenvalue weighted by Gasteiger charge is -2.21. The van der Waals surface area contributed by atoms with Crippen LogP contribution in [-0.4, -0.2) is 20.3 Å². The zero-order chi connectivity index (χ0) is 13.7. The maximum Gasteiger partial charge on any atom is 0.187 e. The average molecular weight is 260 g/mol. The van der Waals surface area contributed by atoms with E-state index in [9.17, 15) is 0 Å². The van der Waals surface area contributed by atoms with Gasteiger partial charge in [-0.3, -0.25) is 0 Å². The molecule has 3 nitrogen and oxygen atoms in total. The van der Waals surface area contributed by atoms with Gasteiger partial charge < -0.3 is 14.2 Å². The van der Waals surface area contributed by atoms with Gasteiger partial charge in [-0.25, -0.2) is 0 Å². The molecule has 102 valence electrons. The molecule has 0 saturated carbocycles. The third-order valence-corrected chi connectivity index (χ3v) is 3.02. The number of benzene rings is 2. The predicted molar refractivity (Wildman–Crippen MR) is 76.5 cm³/mol. The van der Waals surface area contributed by atoms with Crippen LogP contribution in [-0.2, 0) is 9.47 Å². The molecule has 0 bridgehead atoms. The van der Waals surface area contributed by atoms with Crippen molar-refractivity contribution >= 4 is 10.8 Å². The van der Waals surface area contributed by atoms with Gasteiger partial charge in [0, 0.05) is 13.2 Å². The van der Waals surface area contributed by atoms with Crippen molar-refractivity contribution in [1.29, 1.82) is 0 Å². The second-order valence-electron chi connectivity index (χ2n) is 4.15. The molecule has 2 aromatic carbocycles. The Morgan fingerprint density at radius 3 is 2.26 bits per heavy atom. The van der Waals surface area contributed by atoms with E-state index < -0.39 is 6.29 Å². The van der Waals surface area contributed by atoms with Crippen molar-refractivity contribution in [3.8, 4) is 5.75 Å². The van der Waals surface area contributed by atoms with Gasteiger partial charge in [-0.1, -0.05) is 30.3 Å². The highest BCUT2D eigenvalue weighted by molar-refractivity contribution is 5.88. The zero-order valence-electron chi connectivity index (χ0n) is 11.7. The van der Waals surface area contributed by atoms with E-state index in [0.29, 0.717) is 13.2 Å². The first-order valence-corrected chi connectivity index (χ1v) is 6.60. The van der Waals surface area contributed by atoms with E-state index in [0.717, 1.165) is 22.1 Å². The molecular weight excluding hydrogens is 240 g/mol. The Bertz CT molecular complexity index is 531. The Kier molecular flexibility index (Phi) is 4.77. The number of hydrogen-bond donors (Lipinski definition) is 0. The van der Waals surface area contributed by atoms with Gasteiger partial charge in [0.2, 0.25) is 0 Å². The molecule has 0 fully saturated rings. The van der Waals surface area contributed by atoms with E-state index in [1.165, 1.54) is 0 Å². The summed E-state index contributed by atoms with van der Waals surface area (Å²) >= 11 is 0. The van der Waals surface area contributed by atoms with Gasteiger partial charge >= 0.3 is 0 Å². The molecule has 0 radical (unpaired) electrons. The Morgan fingerprint density at radius 1 is 0.947 bits per heavy atom. The van der Waals surface area contributed by atoms with Gasteiger partial charge in [0.1, 0.15) is 5.75 Å². The van der Waals surface area contributed by atoms with Crippen LogP contribution >= 0.6 is 0 Å². The van der Waals surface area contributed by atoms with Crippen LogP contribution in [0.25, 0.3) is 10.8 Å². The maximum absolute atomic E-state index is 5.72. The molecule has 0 atom stereocenters. The first kappa shape index (κ1) is 13.8. The van der Waals surface area contributed by atoms with Crippen molar-refractivity contribution in [2.45, 2.75) is 20.1 Å². The van der Waals surface area contributed by atoms with Crippen LogP contribution in [0.15, 0.2) is 36.4 Å². The summed E-state index contributed by atoms with van der Waals surface area (Å²) in [6, 6.07) is 12.2. The minimum atomic E-state index is -0.393. The molecule has 19 heavy (non-hydrogen) atoms. The highest BCUT2D eigenvalue weighted by atomic mass is 16.7. The van der Waals surface area contributed by atoms with E-state index in [1.807, 2.05) is 38.1 Å². The molecule has 3 heteroatoms. The number of rotatable bonds is 6. The smallest absolute Gasteiger partial charge is 0.187 e. The summed E-state index contributed by atoms with van der Waals surface area (Å²) in [6.07, 6.45) is -0.393. The third-order valence-electron chi connectivity index (χ3n) is 3.02. The molecule has 0 heterocycles. The van der Waals surface area contributed by atoms with Crippen molar-refractivity contribution in [1.82, 2.24) is 0 Å². The fraction of sp³-hybridized carbons (Fsp3) is 0.375. The Balaban J connectivity index is 2.59. The van der Waals surface area contributed by atoms with Crippen LogP contribution in [0.2, 0.25) is 0 Å². The molecule has 0 unspecified atom stereocenters. The topological polar surface area (TPSA) is 27.7 Å². The van der Waals surface area contributed by atoms with Gasteiger partial charge in [-0.2, -0.15) is 0 Å². The summed E-state index contributed by atoms with van der Waals surface area (Å²) in [4.78, 5) is 0. The van der Waals surface area contributed by atoms with Gasteiger partial charge in [-0.15, -0.1) is 0 Å². The zero-order valence-corrected chi connectivity index (χ0v) is 11.7. The molecule has 0 saturated heterocycles. The number of fused-ring (bicyclic) bond motifs is 1. The van der Waals surface area contributed by atoms with Crippen molar-refractivity contribution in [3.63, 3.8) is 0 Å². The maximum atomic E-state index is 5.72. The second-order valence-corrected chi connectivity index (χ2v) is 4.15. The molecule has 0 amide bonds. The number of hydrogen-bond acceptors (Lipinski definition) is 3. The molecule has 2 aromatic rings. The third kappa shape index (κ3) is 2.88. The van der Waals surface area contributed by atoms with Gasteiger partial charge in [-0.05, 0) is 30.7 Å². The summed E-state index contributed by atoms with van der Waals surface area (Å²) in [5, 5.41) is 2.26. The quantitative estimate of drug-likeness (QED) is 0.737. The van der Waals surface area contributed by atoms with Crippen molar-refractivity contribution in [2.75, 3.05) is 20.3 Å². The normalized spacial score (nSPS) is 11.2. The van der Waals surface area contributed by atoms with Crippen molar-refractivity contribution in [3.05, 3.63) is 42.0 Å². The largest absolute Gasteiger partial charge is 0.496 e. The lowest BCUT2D eigenvalue weighted by atomic mass is 10.0. The highest BCUT2D eigenvalue weighted by Gasteiger charge is 2.19. The summed E-state index contributed by atoms with van der Waals surface area (Å²) in [7, 11) is 1.67. The van der Waals surface area contributed by atoms with E-state index >= 15 is 0 Å². The average Bonchev–Trinajstić information content (AvgIpc) is 2.46. The first-order chi connectivity index (χ1) is 9.31. The SMILES string of the molecule is CCOC(OCC)c1c(OC)ccc2ccccc12.